The number of fused-ring (bicyclic) bond motifs is 2. The van der Waals surface area contributed by atoms with Crippen LogP contribution in [0.5, 0.6) is 0 Å². The molecule has 1 aromatic heterocycles. The van der Waals surface area contributed by atoms with Crippen LogP contribution in [0.25, 0.3) is 11.1 Å². The summed E-state index contributed by atoms with van der Waals surface area (Å²) in [6, 6.07) is 10.8. The quantitative estimate of drug-likeness (QED) is 0.348. The van der Waals surface area contributed by atoms with Crippen LogP contribution in [0.2, 0.25) is 0 Å². The first kappa shape index (κ1) is 24.5. The molecule has 0 bridgehead atoms. The summed E-state index contributed by atoms with van der Waals surface area (Å²) >= 11 is 0. The van der Waals surface area contributed by atoms with Gasteiger partial charge in [0.05, 0.1) is 6.42 Å². The highest BCUT2D eigenvalue weighted by molar-refractivity contribution is 5.85. The van der Waals surface area contributed by atoms with Crippen LogP contribution < -0.4 is 16.0 Å². The van der Waals surface area contributed by atoms with Crippen LogP contribution in [0, 0.1) is 11.2 Å². The van der Waals surface area contributed by atoms with Crippen molar-refractivity contribution in [2.45, 2.75) is 58.0 Å². The second-order valence-electron chi connectivity index (χ2n) is 10.3. The fraction of sp³-hybridized carbons (Fsp3) is 0.423. The minimum atomic E-state index is -1.01. The van der Waals surface area contributed by atoms with Gasteiger partial charge in [-0.05, 0) is 54.2 Å². The van der Waals surface area contributed by atoms with Crippen molar-refractivity contribution in [3.63, 3.8) is 0 Å². The van der Waals surface area contributed by atoms with Crippen molar-refractivity contribution >= 4 is 34.7 Å². The Bertz CT molecular complexity index is 1190. The summed E-state index contributed by atoms with van der Waals surface area (Å²) in [5.41, 5.74) is 2.71. The molecular weight excluding hydrogens is 451 g/mol. The van der Waals surface area contributed by atoms with E-state index < -0.39 is 18.1 Å². The summed E-state index contributed by atoms with van der Waals surface area (Å²) in [4.78, 5) is 29.4. The van der Waals surface area contributed by atoms with Gasteiger partial charge >= 0.3 is 5.97 Å². The number of anilines is 2. The standard InChI is InChI=1S/C26H31FN4O4/c1-26(2,3)13-21(31-25-30-20-6-4-5-7-22(20)35-25)24(34)29-17(12-23(32)33)10-15-14-28-19-9-8-16(27)11-18(15)19/h4-9,11,15,17,21,28H,10,12-14H2,1-3H3,(H,29,34)(H,30,31)(H,32,33)/t15?,17-,21-/m0/s1. The zero-order valence-corrected chi connectivity index (χ0v) is 20.1. The molecule has 186 valence electrons. The Hall–Kier alpha value is -3.62. The molecular formula is C26H31FN4O4. The van der Waals surface area contributed by atoms with E-state index in [1.54, 1.807) is 12.1 Å². The molecule has 4 N–H and O–H groups in total. The van der Waals surface area contributed by atoms with Crippen molar-refractivity contribution in [1.29, 1.82) is 0 Å². The fourth-order valence-electron chi connectivity index (χ4n) is 4.54. The zero-order chi connectivity index (χ0) is 25.2. The number of hydrogen-bond donors (Lipinski definition) is 4. The van der Waals surface area contributed by atoms with Gasteiger partial charge < -0.3 is 25.5 Å². The van der Waals surface area contributed by atoms with Gasteiger partial charge in [0.15, 0.2) is 5.58 Å². The lowest BCUT2D eigenvalue weighted by molar-refractivity contribution is -0.137. The minimum absolute atomic E-state index is 0.114. The first-order valence-corrected chi connectivity index (χ1v) is 11.7. The normalized spacial score (nSPS) is 16.9. The number of nitrogens with one attached hydrogen (secondary N) is 3. The number of amides is 1. The number of carboxylic acids is 1. The monoisotopic (exact) mass is 482 g/mol. The lowest BCUT2D eigenvalue weighted by atomic mass is 9.87. The van der Waals surface area contributed by atoms with Crippen LogP contribution in [0.4, 0.5) is 16.1 Å². The van der Waals surface area contributed by atoms with Crippen LogP contribution in [-0.2, 0) is 9.59 Å². The molecule has 3 atom stereocenters. The summed E-state index contributed by atoms with van der Waals surface area (Å²) in [6.07, 6.45) is 0.598. The van der Waals surface area contributed by atoms with Crippen molar-refractivity contribution in [3.8, 4) is 0 Å². The van der Waals surface area contributed by atoms with Crippen LogP contribution in [0.1, 0.15) is 51.5 Å². The molecule has 1 aliphatic heterocycles. The predicted octanol–water partition coefficient (Wildman–Crippen LogP) is 4.74. The third kappa shape index (κ3) is 6.29. The highest BCUT2D eigenvalue weighted by Gasteiger charge is 2.31. The van der Waals surface area contributed by atoms with Gasteiger partial charge in [0.2, 0.25) is 5.91 Å². The Kier molecular flexibility index (Phi) is 6.95. The molecule has 2 heterocycles. The highest BCUT2D eigenvalue weighted by atomic mass is 19.1. The largest absolute Gasteiger partial charge is 0.481 e. The number of aromatic nitrogens is 1. The van der Waals surface area contributed by atoms with Crippen LogP contribution in [-0.4, -0.2) is 40.6 Å². The Morgan fingerprint density at radius 3 is 2.74 bits per heavy atom. The van der Waals surface area contributed by atoms with Crippen molar-refractivity contribution in [3.05, 3.63) is 53.8 Å². The van der Waals surface area contributed by atoms with Crippen molar-refractivity contribution < 1.29 is 23.5 Å². The smallest absolute Gasteiger partial charge is 0.305 e. The number of hydrogen-bond acceptors (Lipinski definition) is 6. The molecule has 1 aliphatic rings. The lowest BCUT2D eigenvalue weighted by Crippen LogP contribution is -2.47. The average molecular weight is 483 g/mol. The molecule has 1 amide bonds. The van der Waals surface area contributed by atoms with E-state index in [0.29, 0.717) is 30.5 Å². The van der Waals surface area contributed by atoms with Gasteiger partial charge in [-0.2, -0.15) is 4.98 Å². The van der Waals surface area contributed by atoms with E-state index in [2.05, 4.69) is 20.9 Å². The number of para-hydroxylation sites is 2. The summed E-state index contributed by atoms with van der Waals surface area (Å²) in [6.45, 7) is 6.61. The Morgan fingerprint density at radius 2 is 2.03 bits per heavy atom. The van der Waals surface area contributed by atoms with E-state index in [4.69, 9.17) is 4.42 Å². The summed E-state index contributed by atoms with van der Waals surface area (Å²) in [5.74, 6) is -1.81. The number of carboxylic acid groups (broad SMARTS) is 1. The third-order valence-electron chi connectivity index (χ3n) is 6.05. The SMILES string of the molecule is CC(C)(C)C[C@H](Nc1nc2ccccc2o1)C(=O)N[C@H](CC(=O)O)CC1CNc2ccc(F)cc21. The first-order valence-electron chi connectivity index (χ1n) is 11.7. The van der Waals surface area contributed by atoms with E-state index in [9.17, 15) is 19.1 Å². The van der Waals surface area contributed by atoms with E-state index in [1.807, 2.05) is 39.0 Å². The number of nitrogens with zero attached hydrogens (tertiary/aromatic N) is 1. The first-order chi connectivity index (χ1) is 16.6. The van der Waals surface area contributed by atoms with Crippen LogP contribution in [0.3, 0.4) is 0 Å². The molecule has 0 fully saturated rings. The molecule has 35 heavy (non-hydrogen) atoms. The molecule has 2 aromatic carbocycles. The zero-order valence-electron chi connectivity index (χ0n) is 20.1. The van der Waals surface area contributed by atoms with E-state index in [-0.39, 0.29) is 35.5 Å². The molecule has 4 rings (SSSR count). The van der Waals surface area contributed by atoms with E-state index in [0.717, 1.165) is 11.3 Å². The highest BCUT2D eigenvalue weighted by Crippen LogP contribution is 2.35. The minimum Gasteiger partial charge on any atom is -0.481 e. The van der Waals surface area contributed by atoms with Crippen molar-refractivity contribution in [1.82, 2.24) is 10.3 Å². The Morgan fingerprint density at radius 1 is 1.26 bits per heavy atom. The molecule has 8 nitrogen and oxygen atoms in total. The number of carbonyl (C=O) groups is 2. The van der Waals surface area contributed by atoms with Gasteiger partial charge in [0, 0.05) is 24.2 Å². The lowest BCUT2D eigenvalue weighted by Gasteiger charge is -2.28. The van der Waals surface area contributed by atoms with Crippen LogP contribution >= 0.6 is 0 Å². The number of halogens is 1. The molecule has 0 spiro atoms. The summed E-state index contributed by atoms with van der Waals surface area (Å²) < 4.78 is 19.6. The van der Waals surface area contributed by atoms with Gasteiger partial charge in [-0.25, -0.2) is 4.39 Å². The maximum absolute atomic E-state index is 13.8. The van der Waals surface area contributed by atoms with Crippen LogP contribution in [0.15, 0.2) is 46.9 Å². The van der Waals surface area contributed by atoms with Gasteiger partial charge in [-0.3, -0.25) is 9.59 Å². The number of aliphatic carboxylic acids is 1. The maximum atomic E-state index is 13.8. The maximum Gasteiger partial charge on any atom is 0.305 e. The van der Waals surface area contributed by atoms with Gasteiger partial charge in [0.1, 0.15) is 17.4 Å². The molecule has 9 heteroatoms. The summed E-state index contributed by atoms with van der Waals surface area (Å²) in [5, 5.41) is 18.7. The summed E-state index contributed by atoms with van der Waals surface area (Å²) in [7, 11) is 0. The molecule has 0 aliphatic carbocycles. The topological polar surface area (TPSA) is 116 Å². The fourth-order valence-corrected chi connectivity index (χ4v) is 4.54. The van der Waals surface area contributed by atoms with E-state index >= 15 is 0 Å². The number of oxazole rings is 1. The van der Waals surface area contributed by atoms with E-state index in [1.165, 1.54) is 12.1 Å². The van der Waals surface area contributed by atoms with Gasteiger partial charge in [-0.1, -0.05) is 32.9 Å². The number of rotatable bonds is 9. The molecule has 0 saturated heterocycles. The Labute approximate surface area is 203 Å². The number of carbonyl (C=O) groups excluding carboxylic acids is 1. The molecule has 0 saturated carbocycles. The second kappa shape index (κ2) is 9.93. The Balaban J connectivity index is 1.51. The number of benzene rings is 2. The van der Waals surface area contributed by atoms with Crippen molar-refractivity contribution in [2.24, 2.45) is 5.41 Å². The molecule has 3 aromatic rings. The van der Waals surface area contributed by atoms with Gasteiger partial charge in [0.25, 0.3) is 6.01 Å². The average Bonchev–Trinajstić information content (AvgIpc) is 3.35. The predicted molar refractivity (Wildman–Crippen MR) is 132 cm³/mol. The van der Waals surface area contributed by atoms with Crippen molar-refractivity contribution in [2.75, 3.05) is 17.2 Å². The van der Waals surface area contributed by atoms with Gasteiger partial charge in [-0.15, -0.1) is 0 Å². The molecule has 1 unspecified atom stereocenters. The second-order valence-corrected chi connectivity index (χ2v) is 10.3. The molecule has 0 radical (unpaired) electrons. The third-order valence-corrected chi connectivity index (χ3v) is 6.05.